The summed E-state index contributed by atoms with van der Waals surface area (Å²) in [7, 11) is 2.02. The molecular weight excluding hydrogens is 326 g/mol. The standard InChI is InChI=1S/C17H16BrN3/c1-21(17-9-7-13(18)10-15(17)19)11-14-8-6-12-4-2-3-5-16(12)20-14/h2-10H,11,19H2,1H3. The lowest BCUT2D eigenvalue weighted by Gasteiger charge is -2.21. The lowest BCUT2D eigenvalue weighted by Crippen LogP contribution is -2.18. The minimum atomic E-state index is 0.719. The summed E-state index contributed by atoms with van der Waals surface area (Å²) in [4.78, 5) is 6.81. The van der Waals surface area contributed by atoms with Crippen LogP contribution < -0.4 is 10.6 Å². The molecule has 0 unspecified atom stereocenters. The lowest BCUT2D eigenvalue weighted by atomic mass is 10.2. The molecule has 0 saturated carbocycles. The summed E-state index contributed by atoms with van der Waals surface area (Å²) in [6.45, 7) is 0.719. The van der Waals surface area contributed by atoms with E-state index < -0.39 is 0 Å². The fourth-order valence-electron chi connectivity index (χ4n) is 2.40. The second-order valence-electron chi connectivity index (χ2n) is 5.05. The maximum absolute atomic E-state index is 6.07. The van der Waals surface area contributed by atoms with Gasteiger partial charge in [0.15, 0.2) is 0 Å². The predicted molar refractivity (Wildman–Crippen MR) is 92.4 cm³/mol. The van der Waals surface area contributed by atoms with E-state index >= 15 is 0 Å². The van der Waals surface area contributed by atoms with Crippen molar-refractivity contribution in [1.29, 1.82) is 0 Å². The average molecular weight is 342 g/mol. The first-order valence-electron chi connectivity index (χ1n) is 6.74. The van der Waals surface area contributed by atoms with Crippen LogP contribution in [0, 0.1) is 0 Å². The van der Waals surface area contributed by atoms with Gasteiger partial charge in [0, 0.05) is 16.9 Å². The van der Waals surface area contributed by atoms with Gasteiger partial charge in [-0.3, -0.25) is 4.98 Å². The van der Waals surface area contributed by atoms with Gasteiger partial charge in [0.1, 0.15) is 0 Å². The van der Waals surface area contributed by atoms with Crippen molar-refractivity contribution in [2.75, 3.05) is 17.7 Å². The molecule has 0 aliphatic heterocycles. The van der Waals surface area contributed by atoms with E-state index in [1.807, 2.05) is 43.4 Å². The Labute approximate surface area is 132 Å². The van der Waals surface area contributed by atoms with Crippen molar-refractivity contribution in [2.24, 2.45) is 0 Å². The van der Waals surface area contributed by atoms with Gasteiger partial charge < -0.3 is 10.6 Å². The monoisotopic (exact) mass is 341 g/mol. The number of nitrogens with zero attached hydrogens (tertiary/aromatic N) is 2. The Morgan fingerprint density at radius 3 is 2.71 bits per heavy atom. The number of aromatic nitrogens is 1. The Morgan fingerprint density at radius 1 is 1.10 bits per heavy atom. The number of halogens is 1. The molecule has 1 heterocycles. The van der Waals surface area contributed by atoms with Crippen molar-refractivity contribution in [1.82, 2.24) is 4.98 Å². The molecule has 0 radical (unpaired) electrons. The molecule has 3 nitrogen and oxygen atoms in total. The topological polar surface area (TPSA) is 42.2 Å². The third kappa shape index (κ3) is 3.00. The number of benzene rings is 2. The average Bonchev–Trinajstić information content (AvgIpc) is 2.47. The number of hydrogen-bond acceptors (Lipinski definition) is 3. The van der Waals surface area contributed by atoms with Gasteiger partial charge in [-0.15, -0.1) is 0 Å². The van der Waals surface area contributed by atoms with Crippen molar-refractivity contribution >= 4 is 38.2 Å². The Hall–Kier alpha value is -2.07. The van der Waals surface area contributed by atoms with E-state index in [-0.39, 0.29) is 0 Å². The maximum atomic E-state index is 6.07. The molecule has 1 aromatic heterocycles. The molecule has 3 aromatic rings. The number of fused-ring (bicyclic) bond motifs is 1. The first-order valence-corrected chi connectivity index (χ1v) is 7.53. The van der Waals surface area contributed by atoms with Crippen molar-refractivity contribution in [3.05, 3.63) is 64.8 Å². The number of nitrogens with two attached hydrogens (primary N) is 1. The first kappa shape index (κ1) is 13.9. The summed E-state index contributed by atoms with van der Waals surface area (Å²) in [6.07, 6.45) is 0. The molecule has 0 aliphatic rings. The second-order valence-corrected chi connectivity index (χ2v) is 5.97. The third-order valence-corrected chi connectivity index (χ3v) is 3.95. The predicted octanol–water partition coefficient (Wildman–Crippen LogP) is 4.22. The van der Waals surface area contributed by atoms with Crippen LogP contribution in [0.3, 0.4) is 0 Å². The van der Waals surface area contributed by atoms with Gasteiger partial charge >= 0.3 is 0 Å². The zero-order chi connectivity index (χ0) is 14.8. The largest absolute Gasteiger partial charge is 0.397 e. The van der Waals surface area contributed by atoms with Crippen LogP contribution in [-0.2, 0) is 6.54 Å². The van der Waals surface area contributed by atoms with E-state index in [1.54, 1.807) is 0 Å². The van der Waals surface area contributed by atoms with Gasteiger partial charge in [0.25, 0.3) is 0 Å². The summed E-state index contributed by atoms with van der Waals surface area (Å²) in [6, 6.07) is 18.2. The highest BCUT2D eigenvalue weighted by molar-refractivity contribution is 9.10. The zero-order valence-electron chi connectivity index (χ0n) is 11.8. The number of nitrogen functional groups attached to an aromatic ring is 1. The summed E-state index contributed by atoms with van der Waals surface area (Å²) in [5.41, 5.74) is 9.89. The highest BCUT2D eigenvalue weighted by Crippen LogP contribution is 2.27. The molecule has 0 amide bonds. The number of rotatable bonds is 3. The molecule has 0 saturated heterocycles. The van der Waals surface area contributed by atoms with E-state index in [9.17, 15) is 0 Å². The smallest absolute Gasteiger partial charge is 0.0706 e. The van der Waals surface area contributed by atoms with E-state index in [0.29, 0.717) is 0 Å². The summed E-state index contributed by atoms with van der Waals surface area (Å²) in [5, 5.41) is 1.16. The van der Waals surface area contributed by atoms with Gasteiger partial charge in [-0.2, -0.15) is 0 Å². The second kappa shape index (κ2) is 5.74. The Bertz CT molecular complexity index is 786. The zero-order valence-corrected chi connectivity index (χ0v) is 13.3. The number of para-hydroxylation sites is 1. The van der Waals surface area contributed by atoms with E-state index in [2.05, 4.69) is 39.0 Å². The SMILES string of the molecule is CN(Cc1ccc2ccccc2n1)c1ccc(Br)cc1N. The normalized spacial score (nSPS) is 10.8. The van der Waals surface area contributed by atoms with Crippen LogP contribution in [0.5, 0.6) is 0 Å². The molecule has 3 rings (SSSR count). The molecular formula is C17H16BrN3. The van der Waals surface area contributed by atoms with Crippen molar-refractivity contribution in [3.63, 3.8) is 0 Å². The van der Waals surface area contributed by atoms with Crippen LogP contribution in [0.15, 0.2) is 59.1 Å². The lowest BCUT2D eigenvalue weighted by molar-refractivity contribution is 0.893. The van der Waals surface area contributed by atoms with Gasteiger partial charge in [0.2, 0.25) is 0 Å². The minimum Gasteiger partial charge on any atom is -0.397 e. The van der Waals surface area contributed by atoms with Crippen LogP contribution in [0.25, 0.3) is 10.9 Å². The van der Waals surface area contributed by atoms with Gasteiger partial charge in [-0.05, 0) is 30.3 Å². The molecule has 2 N–H and O–H groups in total. The van der Waals surface area contributed by atoms with E-state index in [1.165, 1.54) is 0 Å². The summed E-state index contributed by atoms with van der Waals surface area (Å²) in [5.74, 6) is 0. The van der Waals surface area contributed by atoms with Crippen molar-refractivity contribution in [2.45, 2.75) is 6.54 Å². The highest BCUT2D eigenvalue weighted by atomic mass is 79.9. The van der Waals surface area contributed by atoms with E-state index in [0.717, 1.165) is 39.0 Å². The van der Waals surface area contributed by atoms with Crippen LogP contribution in [0.4, 0.5) is 11.4 Å². The van der Waals surface area contributed by atoms with Crippen LogP contribution in [0.1, 0.15) is 5.69 Å². The molecule has 0 bridgehead atoms. The highest BCUT2D eigenvalue weighted by Gasteiger charge is 2.07. The molecule has 21 heavy (non-hydrogen) atoms. The van der Waals surface area contributed by atoms with Gasteiger partial charge in [-0.1, -0.05) is 40.2 Å². The van der Waals surface area contributed by atoms with Crippen molar-refractivity contribution < 1.29 is 0 Å². The van der Waals surface area contributed by atoms with Crippen molar-refractivity contribution in [3.8, 4) is 0 Å². The first-order chi connectivity index (χ1) is 10.1. The van der Waals surface area contributed by atoms with Crippen LogP contribution >= 0.6 is 15.9 Å². The number of pyridine rings is 1. The third-order valence-electron chi connectivity index (χ3n) is 3.46. The molecule has 0 fully saturated rings. The Morgan fingerprint density at radius 2 is 1.90 bits per heavy atom. The fourth-order valence-corrected chi connectivity index (χ4v) is 2.78. The maximum Gasteiger partial charge on any atom is 0.0706 e. The quantitative estimate of drug-likeness (QED) is 0.725. The molecule has 0 aliphatic carbocycles. The molecule has 106 valence electrons. The van der Waals surface area contributed by atoms with E-state index in [4.69, 9.17) is 10.7 Å². The molecule has 0 atom stereocenters. The minimum absolute atomic E-state index is 0.719. The van der Waals surface area contributed by atoms with Gasteiger partial charge in [-0.25, -0.2) is 0 Å². The summed E-state index contributed by atoms with van der Waals surface area (Å²) >= 11 is 3.43. The van der Waals surface area contributed by atoms with Crippen LogP contribution in [0.2, 0.25) is 0 Å². The Kier molecular flexibility index (Phi) is 3.80. The molecule has 4 heteroatoms. The molecule has 0 spiro atoms. The summed E-state index contributed by atoms with van der Waals surface area (Å²) < 4.78 is 0.987. The molecule has 2 aromatic carbocycles. The van der Waals surface area contributed by atoms with Crippen LogP contribution in [-0.4, -0.2) is 12.0 Å². The number of anilines is 2. The fraction of sp³-hybridized carbons (Fsp3) is 0.118. The number of hydrogen-bond donors (Lipinski definition) is 1. The Balaban J connectivity index is 1.87. The van der Waals surface area contributed by atoms with Gasteiger partial charge in [0.05, 0.1) is 29.1 Å².